The van der Waals surface area contributed by atoms with E-state index in [1.165, 1.54) is 22.3 Å². The first-order valence-corrected chi connectivity index (χ1v) is 6.36. The first kappa shape index (κ1) is 12.6. The lowest BCUT2D eigenvalue weighted by Gasteiger charge is -2.43. The highest BCUT2D eigenvalue weighted by atomic mass is 16.5. The fourth-order valence-electron chi connectivity index (χ4n) is 2.73. The Labute approximate surface area is 104 Å². The van der Waals surface area contributed by atoms with Crippen LogP contribution in [0.3, 0.4) is 0 Å². The van der Waals surface area contributed by atoms with Gasteiger partial charge in [0.2, 0.25) is 0 Å². The molecule has 1 N–H and O–H groups in total. The van der Waals surface area contributed by atoms with E-state index in [0.717, 1.165) is 26.1 Å². The quantitative estimate of drug-likeness (QED) is 0.868. The molecule has 0 amide bonds. The van der Waals surface area contributed by atoms with Gasteiger partial charge in [0.15, 0.2) is 0 Å². The first-order chi connectivity index (χ1) is 8.09. The predicted molar refractivity (Wildman–Crippen MR) is 69.5 cm³/mol. The molecule has 1 fully saturated rings. The smallest absolute Gasteiger partial charge is 0.0585 e. The largest absolute Gasteiger partial charge is 0.396 e. The Balaban J connectivity index is 2.34. The second-order valence-electron chi connectivity index (χ2n) is 5.35. The van der Waals surface area contributed by atoms with Crippen LogP contribution in [-0.2, 0) is 10.2 Å². The Morgan fingerprint density at radius 1 is 1.12 bits per heavy atom. The molecule has 17 heavy (non-hydrogen) atoms. The third kappa shape index (κ3) is 2.24. The topological polar surface area (TPSA) is 29.5 Å². The average Bonchev–Trinajstić information content (AvgIpc) is 2.23. The molecular weight excluding hydrogens is 212 g/mol. The molecule has 2 rings (SSSR count). The highest BCUT2D eigenvalue weighted by molar-refractivity contribution is 5.42. The molecule has 0 radical (unpaired) electrons. The van der Waals surface area contributed by atoms with E-state index in [9.17, 15) is 0 Å². The minimum absolute atomic E-state index is 0.158. The van der Waals surface area contributed by atoms with Crippen molar-refractivity contribution in [1.82, 2.24) is 0 Å². The van der Waals surface area contributed by atoms with Gasteiger partial charge in [-0.1, -0.05) is 12.1 Å². The molecule has 1 saturated heterocycles. The van der Waals surface area contributed by atoms with Gasteiger partial charge in [-0.2, -0.15) is 0 Å². The van der Waals surface area contributed by atoms with Gasteiger partial charge in [0.25, 0.3) is 0 Å². The van der Waals surface area contributed by atoms with Crippen LogP contribution in [0.4, 0.5) is 0 Å². The van der Waals surface area contributed by atoms with Crippen LogP contribution >= 0.6 is 0 Å². The van der Waals surface area contributed by atoms with Crippen LogP contribution in [-0.4, -0.2) is 24.9 Å². The number of aliphatic hydroxyl groups excluding tert-OH is 1. The zero-order valence-electron chi connectivity index (χ0n) is 11.0. The summed E-state index contributed by atoms with van der Waals surface area (Å²) in [5, 5.41) is 9.02. The van der Waals surface area contributed by atoms with E-state index in [1.807, 2.05) is 0 Å². The SMILES string of the molecule is Cc1cc(C)c(C2(CCCO)COC2)cc1C. The molecule has 94 valence electrons. The summed E-state index contributed by atoms with van der Waals surface area (Å²) >= 11 is 0. The fourth-order valence-corrected chi connectivity index (χ4v) is 2.73. The van der Waals surface area contributed by atoms with Crippen molar-refractivity contribution in [3.8, 4) is 0 Å². The molecule has 1 aromatic rings. The van der Waals surface area contributed by atoms with Crippen LogP contribution in [0.15, 0.2) is 12.1 Å². The summed E-state index contributed by atoms with van der Waals surface area (Å²) in [6.45, 7) is 8.38. The van der Waals surface area contributed by atoms with Gasteiger partial charge in [-0.05, 0) is 55.9 Å². The molecule has 0 aromatic heterocycles. The van der Waals surface area contributed by atoms with Crippen LogP contribution in [0.5, 0.6) is 0 Å². The molecule has 2 nitrogen and oxygen atoms in total. The van der Waals surface area contributed by atoms with Crippen molar-refractivity contribution in [3.63, 3.8) is 0 Å². The molecule has 2 heteroatoms. The Morgan fingerprint density at radius 3 is 2.29 bits per heavy atom. The van der Waals surface area contributed by atoms with Crippen molar-refractivity contribution in [2.75, 3.05) is 19.8 Å². The average molecular weight is 234 g/mol. The number of aryl methyl sites for hydroxylation is 3. The highest BCUT2D eigenvalue weighted by Gasteiger charge is 2.40. The summed E-state index contributed by atoms with van der Waals surface area (Å²) in [7, 11) is 0. The molecule has 0 aliphatic carbocycles. The van der Waals surface area contributed by atoms with E-state index >= 15 is 0 Å². The summed E-state index contributed by atoms with van der Waals surface area (Å²) in [6, 6.07) is 4.58. The zero-order chi connectivity index (χ0) is 12.5. The van der Waals surface area contributed by atoms with E-state index in [4.69, 9.17) is 9.84 Å². The maximum absolute atomic E-state index is 9.02. The standard InChI is InChI=1S/C15H22O2/c1-11-7-13(3)14(8-12(11)2)15(5-4-6-16)9-17-10-15/h7-8,16H,4-6,9-10H2,1-3H3. The minimum Gasteiger partial charge on any atom is -0.396 e. The van der Waals surface area contributed by atoms with E-state index in [0.29, 0.717) is 0 Å². The molecule has 1 aromatic carbocycles. The van der Waals surface area contributed by atoms with Gasteiger partial charge in [-0.25, -0.2) is 0 Å². The molecule has 0 saturated carbocycles. The monoisotopic (exact) mass is 234 g/mol. The van der Waals surface area contributed by atoms with Gasteiger partial charge in [0, 0.05) is 12.0 Å². The number of hydrogen-bond donors (Lipinski definition) is 1. The second-order valence-corrected chi connectivity index (χ2v) is 5.35. The van der Waals surface area contributed by atoms with E-state index in [1.54, 1.807) is 0 Å². The maximum Gasteiger partial charge on any atom is 0.0585 e. The van der Waals surface area contributed by atoms with Gasteiger partial charge in [-0.15, -0.1) is 0 Å². The molecule has 1 aliphatic rings. The third-order valence-corrected chi connectivity index (χ3v) is 3.98. The van der Waals surface area contributed by atoms with Crippen LogP contribution in [0.1, 0.15) is 35.1 Å². The lowest BCUT2D eigenvalue weighted by Crippen LogP contribution is -2.47. The molecule has 0 unspecified atom stereocenters. The van der Waals surface area contributed by atoms with Gasteiger partial charge in [0.05, 0.1) is 13.2 Å². The zero-order valence-corrected chi connectivity index (χ0v) is 11.0. The number of ether oxygens (including phenoxy) is 1. The summed E-state index contributed by atoms with van der Waals surface area (Å²) in [6.07, 6.45) is 1.88. The molecule has 0 atom stereocenters. The van der Waals surface area contributed by atoms with E-state index in [-0.39, 0.29) is 12.0 Å². The molecule has 0 bridgehead atoms. The van der Waals surface area contributed by atoms with Crippen molar-refractivity contribution in [2.45, 2.75) is 39.0 Å². The van der Waals surface area contributed by atoms with Crippen LogP contribution in [0.25, 0.3) is 0 Å². The van der Waals surface area contributed by atoms with Crippen molar-refractivity contribution in [2.24, 2.45) is 0 Å². The predicted octanol–water partition coefficient (Wildman–Crippen LogP) is 2.65. The van der Waals surface area contributed by atoms with Gasteiger partial charge in [-0.3, -0.25) is 0 Å². The van der Waals surface area contributed by atoms with Crippen molar-refractivity contribution in [1.29, 1.82) is 0 Å². The second kappa shape index (κ2) is 4.79. The van der Waals surface area contributed by atoms with Crippen molar-refractivity contribution < 1.29 is 9.84 Å². The summed E-state index contributed by atoms with van der Waals surface area (Å²) in [5.41, 5.74) is 5.63. The number of hydrogen-bond acceptors (Lipinski definition) is 2. The Kier molecular flexibility index (Phi) is 3.55. The van der Waals surface area contributed by atoms with E-state index in [2.05, 4.69) is 32.9 Å². The Hall–Kier alpha value is -0.860. The number of benzene rings is 1. The number of rotatable bonds is 4. The molecule has 1 aliphatic heterocycles. The summed E-state index contributed by atoms with van der Waals surface area (Å²) in [4.78, 5) is 0. The lowest BCUT2D eigenvalue weighted by molar-refractivity contribution is -0.0668. The lowest BCUT2D eigenvalue weighted by atomic mass is 9.72. The van der Waals surface area contributed by atoms with Crippen molar-refractivity contribution in [3.05, 3.63) is 34.4 Å². The van der Waals surface area contributed by atoms with Gasteiger partial charge >= 0.3 is 0 Å². The van der Waals surface area contributed by atoms with Gasteiger partial charge in [0.1, 0.15) is 0 Å². The molecule has 0 spiro atoms. The molecule has 1 heterocycles. The Morgan fingerprint density at radius 2 is 1.76 bits per heavy atom. The normalized spacial score (nSPS) is 17.9. The van der Waals surface area contributed by atoms with Crippen LogP contribution in [0, 0.1) is 20.8 Å². The Bertz CT molecular complexity index is 406. The third-order valence-electron chi connectivity index (χ3n) is 3.98. The first-order valence-electron chi connectivity index (χ1n) is 6.36. The van der Waals surface area contributed by atoms with Crippen LogP contribution < -0.4 is 0 Å². The number of aliphatic hydroxyl groups is 1. The van der Waals surface area contributed by atoms with E-state index < -0.39 is 0 Å². The molecular formula is C15H22O2. The summed E-state index contributed by atoms with van der Waals surface area (Å²) in [5.74, 6) is 0. The highest BCUT2D eigenvalue weighted by Crippen LogP contribution is 2.39. The maximum atomic E-state index is 9.02. The minimum atomic E-state index is 0.158. The summed E-state index contributed by atoms with van der Waals surface area (Å²) < 4.78 is 5.43. The van der Waals surface area contributed by atoms with Crippen molar-refractivity contribution >= 4 is 0 Å². The van der Waals surface area contributed by atoms with Gasteiger partial charge < -0.3 is 9.84 Å². The fraction of sp³-hybridized carbons (Fsp3) is 0.600. The van der Waals surface area contributed by atoms with Crippen LogP contribution in [0.2, 0.25) is 0 Å².